The van der Waals surface area contributed by atoms with Gasteiger partial charge in [-0.05, 0) is 18.2 Å². The summed E-state index contributed by atoms with van der Waals surface area (Å²) in [4.78, 5) is 3.89. The molecule has 0 radical (unpaired) electrons. The lowest BCUT2D eigenvalue weighted by Crippen LogP contribution is -1.94. The molecule has 0 amide bonds. The number of nitrogens with zero attached hydrogens (tertiary/aromatic N) is 2. The van der Waals surface area contributed by atoms with E-state index in [-0.39, 0.29) is 5.56 Å². The zero-order valence-corrected chi connectivity index (χ0v) is 9.34. The Bertz CT molecular complexity index is 553. The molecular weight excluding hydrogens is 246 g/mol. The number of nitrogen functional groups attached to an aromatic ring is 1. The Morgan fingerprint density at radius 3 is 2.94 bits per heavy atom. The molecule has 1 aromatic carbocycles. The Kier molecular flexibility index (Phi) is 3.29. The average molecular weight is 254 g/mol. The van der Waals surface area contributed by atoms with Crippen molar-refractivity contribution >= 4 is 28.5 Å². The van der Waals surface area contributed by atoms with Crippen LogP contribution in [0.3, 0.4) is 0 Å². The molecule has 0 aliphatic heterocycles. The molecule has 0 fully saturated rings. The van der Waals surface area contributed by atoms with Crippen molar-refractivity contribution in [2.45, 2.75) is 0 Å². The first-order valence-electron chi connectivity index (χ1n) is 4.60. The first kappa shape index (κ1) is 11.5. The Morgan fingerprint density at radius 2 is 2.24 bits per heavy atom. The summed E-state index contributed by atoms with van der Waals surface area (Å²) < 4.78 is 26.0. The number of hydrogen-bond donors (Lipinski definition) is 2. The second-order valence-corrected chi connectivity index (χ2v) is 3.97. The molecule has 2 rings (SSSR count). The molecule has 0 saturated carbocycles. The highest BCUT2D eigenvalue weighted by Crippen LogP contribution is 2.16. The largest absolute Gasteiger partial charge is 0.383 e. The van der Waals surface area contributed by atoms with Crippen LogP contribution in [-0.2, 0) is 0 Å². The molecule has 7 heteroatoms. The van der Waals surface area contributed by atoms with Crippen molar-refractivity contribution in [1.82, 2.24) is 4.98 Å². The molecule has 0 unspecified atom stereocenters. The molecule has 0 bridgehead atoms. The van der Waals surface area contributed by atoms with E-state index in [1.54, 1.807) is 5.38 Å². The van der Waals surface area contributed by atoms with Crippen LogP contribution in [0.4, 0.5) is 19.7 Å². The fraction of sp³-hybridized carbons (Fsp3) is 0. The highest BCUT2D eigenvalue weighted by atomic mass is 32.1. The van der Waals surface area contributed by atoms with E-state index in [0.29, 0.717) is 10.9 Å². The molecule has 4 nitrogen and oxygen atoms in total. The Hall–Kier alpha value is -2.02. The Labute approximate surface area is 99.8 Å². The SMILES string of the molecule is Nc1csc(NN=Cc2cc(F)ccc2F)n1. The minimum Gasteiger partial charge on any atom is -0.383 e. The minimum absolute atomic E-state index is 0.0574. The highest BCUT2D eigenvalue weighted by molar-refractivity contribution is 7.14. The van der Waals surface area contributed by atoms with E-state index < -0.39 is 11.6 Å². The lowest BCUT2D eigenvalue weighted by atomic mass is 10.2. The van der Waals surface area contributed by atoms with Crippen molar-refractivity contribution < 1.29 is 8.78 Å². The molecule has 3 N–H and O–H groups in total. The van der Waals surface area contributed by atoms with Crippen molar-refractivity contribution in [3.63, 3.8) is 0 Å². The highest BCUT2D eigenvalue weighted by Gasteiger charge is 2.01. The van der Waals surface area contributed by atoms with Gasteiger partial charge >= 0.3 is 0 Å². The second kappa shape index (κ2) is 4.88. The number of nitrogens with two attached hydrogens (primary N) is 1. The molecule has 2 aromatic rings. The number of nitrogens with one attached hydrogen (secondary N) is 1. The fourth-order valence-corrected chi connectivity index (χ4v) is 1.66. The molecule has 0 aliphatic carbocycles. The molecule has 1 heterocycles. The van der Waals surface area contributed by atoms with Crippen LogP contribution < -0.4 is 11.2 Å². The molecular formula is C10H8F2N4S. The van der Waals surface area contributed by atoms with Crippen LogP contribution in [-0.4, -0.2) is 11.2 Å². The van der Waals surface area contributed by atoms with E-state index in [1.807, 2.05) is 0 Å². The summed E-state index contributed by atoms with van der Waals surface area (Å²) >= 11 is 1.26. The predicted octanol–water partition coefficient (Wildman–Crippen LogP) is 2.45. The summed E-state index contributed by atoms with van der Waals surface area (Å²) in [6.45, 7) is 0. The van der Waals surface area contributed by atoms with E-state index in [4.69, 9.17) is 5.73 Å². The second-order valence-electron chi connectivity index (χ2n) is 3.11. The summed E-state index contributed by atoms with van der Waals surface area (Å²) in [5.74, 6) is -0.688. The summed E-state index contributed by atoms with van der Waals surface area (Å²) in [5.41, 5.74) is 8.03. The third-order valence-corrected chi connectivity index (χ3v) is 2.61. The topological polar surface area (TPSA) is 63.3 Å². The van der Waals surface area contributed by atoms with Gasteiger partial charge in [0, 0.05) is 10.9 Å². The Balaban J connectivity index is 2.07. The van der Waals surface area contributed by atoms with Crippen molar-refractivity contribution in [2.24, 2.45) is 5.10 Å². The van der Waals surface area contributed by atoms with E-state index in [1.165, 1.54) is 17.6 Å². The molecule has 88 valence electrons. The van der Waals surface area contributed by atoms with Gasteiger partial charge in [0.1, 0.15) is 17.5 Å². The molecule has 1 aromatic heterocycles. The molecule has 17 heavy (non-hydrogen) atoms. The maximum Gasteiger partial charge on any atom is 0.205 e. The predicted molar refractivity (Wildman–Crippen MR) is 64.1 cm³/mol. The quantitative estimate of drug-likeness (QED) is 0.653. The van der Waals surface area contributed by atoms with Gasteiger partial charge in [-0.15, -0.1) is 11.3 Å². The summed E-state index contributed by atoms with van der Waals surface area (Å²) in [6.07, 6.45) is 1.18. The summed E-state index contributed by atoms with van der Waals surface area (Å²) in [5, 5.41) is 5.86. The molecule has 0 aliphatic rings. The Morgan fingerprint density at radius 1 is 1.41 bits per heavy atom. The van der Waals surface area contributed by atoms with E-state index >= 15 is 0 Å². The van der Waals surface area contributed by atoms with Gasteiger partial charge in [-0.3, -0.25) is 5.43 Å². The van der Waals surface area contributed by atoms with Gasteiger partial charge in [0.25, 0.3) is 0 Å². The van der Waals surface area contributed by atoms with E-state index in [0.717, 1.165) is 18.2 Å². The van der Waals surface area contributed by atoms with Crippen LogP contribution in [0.2, 0.25) is 0 Å². The normalized spacial score (nSPS) is 10.9. The third kappa shape index (κ3) is 2.97. The van der Waals surface area contributed by atoms with Gasteiger partial charge in [0.2, 0.25) is 5.13 Å². The van der Waals surface area contributed by atoms with Gasteiger partial charge < -0.3 is 5.73 Å². The number of rotatable bonds is 3. The summed E-state index contributed by atoms with van der Waals surface area (Å²) in [6, 6.07) is 3.14. The van der Waals surface area contributed by atoms with Crippen molar-refractivity contribution in [3.8, 4) is 0 Å². The van der Waals surface area contributed by atoms with Crippen LogP contribution in [0, 0.1) is 11.6 Å². The smallest absolute Gasteiger partial charge is 0.205 e. The number of halogens is 2. The monoisotopic (exact) mass is 254 g/mol. The van der Waals surface area contributed by atoms with Crippen molar-refractivity contribution in [2.75, 3.05) is 11.2 Å². The maximum atomic E-state index is 13.2. The zero-order valence-electron chi connectivity index (χ0n) is 8.52. The number of aromatic nitrogens is 1. The van der Waals surface area contributed by atoms with Gasteiger partial charge in [-0.25, -0.2) is 13.8 Å². The van der Waals surface area contributed by atoms with Gasteiger partial charge in [-0.2, -0.15) is 5.10 Å². The fourth-order valence-electron chi connectivity index (χ4n) is 1.11. The number of hydrazone groups is 1. The summed E-state index contributed by atoms with van der Waals surface area (Å²) in [7, 11) is 0. The standard InChI is InChI=1S/C10H8F2N4S/c11-7-1-2-8(12)6(3-7)4-14-16-10-15-9(13)5-17-10/h1-5H,13H2,(H,15,16). The van der Waals surface area contributed by atoms with Crippen LogP contribution >= 0.6 is 11.3 Å². The van der Waals surface area contributed by atoms with Gasteiger partial charge in [-0.1, -0.05) is 0 Å². The van der Waals surface area contributed by atoms with Crippen LogP contribution in [0.5, 0.6) is 0 Å². The molecule has 0 atom stereocenters. The number of benzene rings is 1. The zero-order chi connectivity index (χ0) is 12.3. The lowest BCUT2D eigenvalue weighted by Gasteiger charge is -1.96. The van der Waals surface area contributed by atoms with E-state index in [2.05, 4.69) is 15.5 Å². The van der Waals surface area contributed by atoms with Gasteiger partial charge in [0.05, 0.1) is 6.21 Å². The van der Waals surface area contributed by atoms with Crippen LogP contribution in [0.1, 0.15) is 5.56 Å². The van der Waals surface area contributed by atoms with Crippen LogP contribution in [0.15, 0.2) is 28.7 Å². The third-order valence-electron chi connectivity index (χ3n) is 1.84. The first-order valence-corrected chi connectivity index (χ1v) is 5.48. The lowest BCUT2D eigenvalue weighted by molar-refractivity contribution is 0.598. The average Bonchev–Trinajstić information content (AvgIpc) is 2.69. The van der Waals surface area contributed by atoms with Crippen LogP contribution in [0.25, 0.3) is 0 Å². The molecule has 0 saturated heterocycles. The van der Waals surface area contributed by atoms with Gasteiger partial charge in [0.15, 0.2) is 0 Å². The minimum atomic E-state index is -0.546. The molecule has 0 spiro atoms. The van der Waals surface area contributed by atoms with Crippen molar-refractivity contribution in [1.29, 1.82) is 0 Å². The number of hydrogen-bond acceptors (Lipinski definition) is 5. The first-order chi connectivity index (χ1) is 8.15. The van der Waals surface area contributed by atoms with E-state index in [9.17, 15) is 8.78 Å². The number of anilines is 2. The van der Waals surface area contributed by atoms with Crippen molar-refractivity contribution in [3.05, 3.63) is 40.8 Å². The maximum absolute atomic E-state index is 13.2. The number of thiazole rings is 1.